The second kappa shape index (κ2) is 2.80. The molecule has 0 aliphatic carbocycles. The smallest absolute Gasteiger partial charge is 0.0270 e. The summed E-state index contributed by atoms with van der Waals surface area (Å²) in [7, 11) is 0. The van der Waals surface area contributed by atoms with E-state index >= 15 is 0 Å². The molecule has 0 rings (SSSR count). The molecule has 0 unspecified atom stereocenters. The fraction of sp³-hybridized carbons (Fsp3) is 0.667. The maximum absolute atomic E-state index is 5.25. The minimum absolute atomic E-state index is 1.06. The molecule has 0 aromatic rings. The molecular formula is C6H13PS. The van der Waals surface area contributed by atoms with Crippen molar-refractivity contribution in [3.05, 3.63) is 11.4 Å². The lowest BCUT2D eigenvalue weighted by atomic mass is 10.6. The second-order valence-electron chi connectivity index (χ2n) is 2.28. The molecule has 0 aliphatic rings. The monoisotopic (exact) mass is 148 g/mol. The van der Waals surface area contributed by atoms with Crippen molar-refractivity contribution in [1.82, 2.24) is 0 Å². The van der Waals surface area contributed by atoms with Gasteiger partial charge in [-0.05, 0) is 38.5 Å². The van der Waals surface area contributed by atoms with Gasteiger partial charge in [-0.2, -0.15) is 0 Å². The summed E-state index contributed by atoms with van der Waals surface area (Å²) in [6.45, 7) is 8.46. The normalized spacial score (nSPS) is 14.2. The molecule has 0 heterocycles. The van der Waals surface area contributed by atoms with Gasteiger partial charge in [0.05, 0.1) is 0 Å². The predicted octanol–water partition coefficient (Wildman–Crippen LogP) is 2.65. The average Bonchev–Trinajstić information content (AvgIpc) is 1.62. The lowest BCUT2D eigenvalue weighted by Crippen LogP contribution is -1.74. The molecule has 0 aromatic heterocycles. The molecule has 0 aromatic carbocycles. The molecule has 0 N–H and O–H groups in total. The summed E-state index contributed by atoms with van der Waals surface area (Å²) >= 11 is 5.25. The Kier molecular flexibility index (Phi) is 2.93. The molecule has 8 heavy (non-hydrogen) atoms. The van der Waals surface area contributed by atoms with Crippen LogP contribution < -0.4 is 0 Å². The van der Waals surface area contributed by atoms with Gasteiger partial charge in [0.25, 0.3) is 0 Å². The summed E-state index contributed by atoms with van der Waals surface area (Å²) in [6.07, 6.45) is 2.11. The van der Waals surface area contributed by atoms with Gasteiger partial charge in [-0.15, -0.1) is 0 Å². The maximum Gasteiger partial charge on any atom is -0.0270 e. The van der Waals surface area contributed by atoms with Crippen LogP contribution in [-0.4, -0.2) is 13.3 Å². The Morgan fingerprint density at radius 3 is 1.88 bits per heavy atom. The molecule has 0 saturated heterocycles. The Labute approximate surface area is 57.0 Å². The van der Waals surface area contributed by atoms with E-state index in [1.807, 2.05) is 6.92 Å². The van der Waals surface area contributed by atoms with Crippen molar-refractivity contribution in [2.75, 3.05) is 13.3 Å². The molecule has 48 valence electrons. The molecule has 0 amide bonds. The third-order valence-electron chi connectivity index (χ3n) is 1.27. The van der Waals surface area contributed by atoms with Crippen LogP contribution in [0.5, 0.6) is 0 Å². The number of hydrogen-bond acceptors (Lipinski definition) is 1. The molecule has 0 spiro atoms. The van der Waals surface area contributed by atoms with Gasteiger partial charge in [-0.3, -0.25) is 0 Å². The van der Waals surface area contributed by atoms with E-state index in [1.165, 1.54) is 5.31 Å². The van der Waals surface area contributed by atoms with Crippen molar-refractivity contribution in [2.24, 2.45) is 0 Å². The Balaban J connectivity index is 4.27. The van der Waals surface area contributed by atoms with Gasteiger partial charge in [0.2, 0.25) is 0 Å². The minimum Gasteiger partial charge on any atom is -0.0935 e. The summed E-state index contributed by atoms with van der Waals surface area (Å²) in [5, 5.41) is 1.38. The summed E-state index contributed by atoms with van der Waals surface area (Å²) in [6, 6.07) is -1.06. The van der Waals surface area contributed by atoms with Crippen LogP contribution in [0.3, 0.4) is 0 Å². The van der Waals surface area contributed by atoms with Crippen molar-refractivity contribution < 1.29 is 0 Å². The second-order valence-corrected chi connectivity index (χ2v) is 8.43. The SMILES string of the molecule is C/C=C(\C)P(C)(C)=S. The third kappa shape index (κ3) is 2.64. The first-order chi connectivity index (χ1) is 3.48. The van der Waals surface area contributed by atoms with E-state index in [-0.39, 0.29) is 0 Å². The van der Waals surface area contributed by atoms with E-state index in [0.29, 0.717) is 0 Å². The zero-order valence-electron chi connectivity index (χ0n) is 5.93. The Bertz CT molecular complexity index is 141. The van der Waals surface area contributed by atoms with Crippen LogP contribution in [0.4, 0.5) is 0 Å². The van der Waals surface area contributed by atoms with Gasteiger partial charge in [0.15, 0.2) is 0 Å². The molecule has 0 radical (unpaired) electrons. The van der Waals surface area contributed by atoms with Crippen molar-refractivity contribution in [3.8, 4) is 0 Å². The standard InChI is InChI=1S/C6H13PS/c1-5-6(2)7(3,4)8/h5H,1-4H3/b6-5+. The number of hydrogen-bond donors (Lipinski definition) is 0. The van der Waals surface area contributed by atoms with Crippen LogP contribution in [0.25, 0.3) is 0 Å². The first-order valence-corrected chi connectivity index (χ1v) is 6.36. The van der Waals surface area contributed by atoms with Crippen LogP contribution in [-0.2, 0) is 11.8 Å². The number of allylic oxidation sites excluding steroid dienone is 2. The van der Waals surface area contributed by atoms with Gasteiger partial charge in [0.1, 0.15) is 0 Å². The van der Waals surface area contributed by atoms with Crippen LogP contribution in [0.15, 0.2) is 11.4 Å². The predicted molar refractivity (Wildman–Crippen MR) is 45.6 cm³/mol. The highest BCUT2D eigenvalue weighted by atomic mass is 32.4. The highest BCUT2D eigenvalue weighted by Gasteiger charge is 2.00. The topological polar surface area (TPSA) is 0 Å². The van der Waals surface area contributed by atoms with E-state index in [9.17, 15) is 0 Å². The van der Waals surface area contributed by atoms with Crippen LogP contribution in [0, 0.1) is 0 Å². The summed E-state index contributed by atoms with van der Waals surface area (Å²) < 4.78 is 0. The van der Waals surface area contributed by atoms with Crippen LogP contribution in [0.1, 0.15) is 13.8 Å². The van der Waals surface area contributed by atoms with Crippen molar-refractivity contribution in [3.63, 3.8) is 0 Å². The molecule has 0 fully saturated rings. The Morgan fingerprint density at radius 2 is 1.88 bits per heavy atom. The third-order valence-corrected chi connectivity index (χ3v) is 4.09. The quantitative estimate of drug-likeness (QED) is 0.515. The van der Waals surface area contributed by atoms with Crippen LogP contribution >= 0.6 is 6.04 Å². The molecule has 0 aliphatic heterocycles. The summed E-state index contributed by atoms with van der Waals surface area (Å²) in [5.74, 6) is 0. The average molecular weight is 148 g/mol. The van der Waals surface area contributed by atoms with Crippen molar-refractivity contribution in [2.45, 2.75) is 13.8 Å². The van der Waals surface area contributed by atoms with E-state index in [0.717, 1.165) is 0 Å². The highest BCUT2D eigenvalue weighted by molar-refractivity contribution is 8.15. The molecule has 0 atom stereocenters. The van der Waals surface area contributed by atoms with Crippen molar-refractivity contribution >= 4 is 17.8 Å². The Hall–Kier alpha value is 0.390. The van der Waals surface area contributed by atoms with Crippen molar-refractivity contribution in [1.29, 1.82) is 0 Å². The van der Waals surface area contributed by atoms with Gasteiger partial charge in [-0.25, -0.2) is 0 Å². The van der Waals surface area contributed by atoms with Crippen LogP contribution in [0.2, 0.25) is 0 Å². The maximum atomic E-state index is 5.25. The molecule has 0 nitrogen and oxygen atoms in total. The van der Waals surface area contributed by atoms with Gasteiger partial charge < -0.3 is 0 Å². The first kappa shape index (κ1) is 8.39. The molecule has 0 saturated carbocycles. The zero-order valence-corrected chi connectivity index (χ0v) is 7.64. The lowest BCUT2D eigenvalue weighted by Gasteiger charge is -2.08. The fourth-order valence-corrected chi connectivity index (χ4v) is 1.25. The molecular weight excluding hydrogens is 135 g/mol. The highest BCUT2D eigenvalue weighted by Crippen LogP contribution is 2.45. The first-order valence-electron chi connectivity index (χ1n) is 2.67. The summed E-state index contributed by atoms with van der Waals surface area (Å²) in [4.78, 5) is 0. The number of rotatable bonds is 1. The van der Waals surface area contributed by atoms with Gasteiger partial charge in [-0.1, -0.05) is 17.9 Å². The fourth-order valence-electron chi connectivity index (χ4n) is 0.311. The molecule has 2 heteroatoms. The zero-order chi connectivity index (χ0) is 6.78. The van der Waals surface area contributed by atoms with E-state index in [2.05, 4.69) is 26.3 Å². The Morgan fingerprint density at radius 1 is 1.50 bits per heavy atom. The van der Waals surface area contributed by atoms with Gasteiger partial charge in [0, 0.05) is 0 Å². The van der Waals surface area contributed by atoms with E-state index in [4.69, 9.17) is 11.8 Å². The van der Waals surface area contributed by atoms with E-state index in [1.54, 1.807) is 0 Å². The molecule has 0 bridgehead atoms. The van der Waals surface area contributed by atoms with E-state index < -0.39 is 6.04 Å². The van der Waals surface area contributed by atoms with Gasteiger partial charge >= 0.3 is 0 Å². The summed E-state index contributed by atoms with van der Waals surface area (Å²) in [5.41, 5.74) is 0. The largest absolute Gasteiger partial charge is 0.0935 e. The lowest BCUT2D eigenvalue weighted by molar-refractivity contribution is 1.58. The minimum atomic E-state index is -1.06.